The summed E-state index contributed by atoms with van der Waals surface area (Å²) in [5.41, 5.74) is 1.04. The molecular weight excluding hydrogens is 274 g/mol. The van der Waals surface area contributed by atoms with Gasteiger partial charge >= 0.3 is 5.97 Å². The molecule has 3 rings (SSSR count). The summed E-state index contributed by atoms with van der Waals surface area (Å²) in [5.74, 6) is -1.02. The molecule has 0 aliphatic carbocycles. The standard InChI is InChI=1S/C14H15N3O2S/c18-13(19)11-7-4-8-17(9-11)14-16-15-12(20-14)10-5-2-1-3-6-10/h1-3,5-6,11H,4,7-9H2,(H,18,19)/t11-/m1/s1. The van der Waals surface area contributed by atoms with E-state index in [4.69, 9.17) is 5.11 Å². The minimum Gasteiger partial charge on any atom is -0.481 e. The number of nitrogens with zero attached hydrogens (tertiary/aromatic N) is 3. The lowest BCUT2D eigenvalue weighted by Gasteiger charge is -2.29. The van der Waals surface area contributed by atoms with E-state index in [0.29, 0.717) is 6.54 Å². The van der Waals surface area contributed by atoms with Gasteiger partial charge in [0.15, 0.2) is 0 Å². The number of anilines is 1. The maximum Gasteiger partial charge on any atom is 0.308 e. The van der Waals surface area contributed by atoms with Crippen molar-refractivity contribution in [3.05, 3.63) is 30.3 Å². The monoisotopic (exact) mass is 289 g/mol. The first-order valence-electron chi connectivity index (χ1n) is 6.61. The summed E-state index contributed by atoms with van der Waals surface area (Å²) in [7, 11) is 0. The molecule has 1 aliphatic rings. The molecule has 0 unspecified atom stereocenters. The Morgan fingerprint density at radius 2 is 2.10 bits per heavy atom. The Balaban J connectivity index is 1.78. The highest BCUT2D eigenvalue weighted by Gasteiger charge is 2.27. The van der Waals surface area contributed by atoms with E-state index in [9.17, 15) is 4.79 Å². The zero-order chi connectivity index (χ0) is 13.9. The fourth-order valence-corrected chi connectivity index (χ4v) is 3.28. The zero-order valence-electron chi connectivity index (χ0n) is 10.9. The average Bonchev–Trinajstić information content (AvgIpc) is 2.98. The van der Waals surface area contributed by atoms with Gasteiger partial charge in [0.05, 0.1) is 5.92 Å². The first-order chi connectivity index (χ1) is 9.74. The van der Waals surface area contributed by atoms with Crippen molar-refractivity contribution in [2.45, 2.75) is 12.8 Å². The minimum atomic E-state index is -0.720. The fourth-order valence-electron chi connectivity index (χ4n) is 2.39. The number of rotatable bonds is 3. The highest BCUT2D eigenvalue weighted by atomic mass is 32.1. The second-order valence-electron chi connectivity index (χ2n) is 4.88. The Morgan fingerprint density at radius 3 is 2.85 bits per heavy atom. The highest BCUT2D eigenvalue weighted by molar-refractivity contribution is 7.18. The predicted octanol–water partition coefficient (Wildman–Crippen LogP) is 2.51. The van der Waals surface area contributed by atoms with Crippen molar-refractivity contribution in [2.75, 3.05) is 18.0 Å². The van der Waals surface area contributed by atoms with Crippen molar-refractivity contribution in [1.82, 2.24) is 10.2 Å². The summed E-state index contributed by atoms with van der Waals surface area (Å²) in [6.07, 6.45) is 1.63. The van der Waals surface area contributed by atoms with Crippen molar-refractivity contribution >= 4 is 22.4 Å². The van der Waals surface area contributed by atoms with Gasteiger partial charge in [-0.05, 0) is 12.8 Å². The molecule has 0 radical (unpaired) electrons. The largest absolute Gasteiger partial charge is 0.481 e. The second-order valence-corrected chi connectivity index (χ2v) is 5.84. The molecule has 104 valence electrons. The van der Waals surface area contributed by atoms with Crippen LogP contribution < -0.4 is 4.90 Å². The highest BCUT2D eigenvalue weighted by Crippen LogP contribution is 2.31. The maximum atomic E-state index is 11.1. The van der Waals surface area contributed by atoms with E-state index in [0.717, 1.165) is 35.1 Å². The van der Waals surface area contributed by atoms with Crippen LogP contribution in [-0.2, 0) is 4.79 Å². The van der Waals surface area contributed by atoms with E-state index in [1.165, 1.54) is 11.3 Å². The molecule has 1 aromatic heterocycles. The molecule has 0 amide bonds. The lowest BCUT2D eigenvalue weighted by Crippen LogP contribution is -2.38. The third-order valence-corrected chi connectivity index (χ3v) is 4.51. The number of carbonyl (C=O) groups is 1. The smallest absolute Gasteiger partial charge is 0.308 e. The third-order valence-electron chi connectivity index (χ3n) is 3.48. The fraction of sp³-hybridized carbons (Fsp3) is 0.357. The van der Waals surface area contributed by atoms with Gasteiger partial charge in [-0.1, -0.05) is 41.7 Å². The molecule has 1 N–H and O–H groups in total. The van der Waals surface area contributed by atoms with E-state index in [1.54, 1.807) is 0 Å². The van der Waals surface area contributed by atoms with Gasteiger partial charge in [0.1, 0.15) is 5.01 Å². The number of aliphatic carboxylic acids is 1. The van der Waals surface area contributed by atoms with Gasteiger partial charge in [-0.15, -0.1) is 10.2 Å². The van der Waals surface area contributed by atoms with E-state index in [-0.39, 0.29) is 5.92 Å². The molecule has 2 heterocycles. The van der Waals surface area contributed by atoms with Crippen LogP contribution in [0.2, 0.25) is 0 Å². The quantitative estimate of drug-likeness (QED) is 0.940. The summed E-state index contributed by atoms with van der Waals surface area (Å²) >= 11 is 1.52. The maximum absolute atomic E-state index is 11.1. The molecule has 1 saturated heterocycles. The topological polar surface area (TPSA) is 66.3 Å². The summed E-state index contributed by atoms with van der Waals surface area (Å²) in [4.78, 5) is 13.1. The van der Waals surface area contributed by atoms with Crippen LogP contribution >= 0.6 is 11.3 Å². The van der Waals surface area contributed by atoms with Crippen molar-refractivity contribution in [3.63, 3.8) is 0 Å². The molecule has 6 heteroatoms. The van der Waals surface area contributed by atoms with Gasteiger partial charge in [0.2, 0.25) is 5.13 Å². The molecule has 0 saturated carbocycles. The van der Waals surface area contributed by atoms with Crippen molar-refractivity contribution in [3.8, 4) is 10.6 Å². The van der Waals surface area contributed by atoms with Gasteiger partial charge in [0.25, 0.3) is 0 Å². The number of hydrogen-bond donors (Lipinski definition) is 1. The van der Waals surface area contributed by atoms with Crippen molar-refractivity contribution in [2.24, 2.45) is 5.92 Å². The van der Waals surface area contributed by atoms with Crippen LogP contribution in [0.25, 0.3) is 10.6 Å². The Kier molecular flexibility index (Phi) is 3.64. The van der Waals surface area contributed by atoms with Crippen molar-refractivity contribution in [1.29, 1.82) is 0 Å². The number of carboxylic acids is 1. The lowest BCUT2D eigenvalue weighted by atomic mass is 9.99. The minimum absolute atomic E-state index is 0.298. The summed E-state index contributed by atoms with van der Waals surface area (Å²) in [5, 5.41) is 19.2. The molecule has 1 aliphatic heterocycles. The van der Waals surface area contributed by atoms with E-state index in [2.05, 4.69) is 10.2 Å². The Morgan fingerprint density at radius 1 is 1.30 bits per heavy atom. The van der Waals surface area contributed by atoms with E-state index < -0.39 is 5.97 Å². The molecule has 1 fully saturated rings. The predicted molar refractivity (Wildman–Crippen MR) is 77.9 cm³/mol. The van der Waals surface area contributed by atoms with Crippen LogP contribution in [0.5, 0.6) is 0 Å². The average molecular weight is 289 g/mol. The molecule has 0 bridgehead atoms. The molecule has 1 aromatic carbocycles. The molecule has 5 nitrogen and oxygen atoms in total. The normalized spacial score (nSPS) is 19.0. The summed E-state index contributed by atoms with van der Waals surface area (Å²) < 4.78 is 0. The first-order valence-corrected chi connectivity index (χ1v) is 7.42. The second kappa shape index (κ2) is 5.58. The van der Waals surface area contributed by atoms with Crippen LogP contribution in [0.1, 0.15) is 12.8 Å². The lowest BCUT2D eigenvalue weighted by molar-refractivity contribution is -0.141. The molecule has 2 aromatic rings. The van der Waals surface area contributed by atoms with Crippen LogP contribution in [-0.4, -0.2) is 34.4 Å². The molecular formula is C14H15N3O2S. The van der Waals surface area contributed by atoms with E-state index >= 15 is 0 Å². The Bertz CT molecular complexity index is 599. The van der Waals surface area contributed by atoms with Gasteiger partial charge < -0.3 is 10.0 Å². The number of hydrogen-bond acceptors (Lipinski definition) is 5. The van der Waals surface area contributed by atoms with Gasteiger partial charge in [-0.3, -0.25) is 4.79 Å². The van der Waals surface area contributed by atoms with Gasteiger partial charge in [0, 0.05) is 18.7 Å². The SMILES string of the molecule is O=C(O)[C@@H]1CCCN(c2nnc(-c3ccccc3)s2)C1. The van der Waals surface area contributed by atoms with Crippen LogP contribution in [0, 0.1) is 5.92 Å². The third kappa shape index (κ3) is 2.65. The number of piperidine rings is 1. The summed E-state index contributed by atoms with van der Waals surface area (Å²) in [6, 6.07) is 9.91. The van der Waals surface area contributed by atoms with Gasteiger partial charge in [-0.2, -0.15) is 0 Å². The van der Waals surface area contributed by atoms with Crippen LogP contribution in [0.15, 0.2) is 30.3 Å². The molecule has 1 atom stereocenters. The first kappa shape index (κ1) is 13.1. The van der Waals surface area contributed by atoms with Crippen LogP contribution in [0.4, 0.5) is 5.13 Å². The molecule has 20 heavy (non-hydrogen) atoms. The number of carboxylic acid groups (broad SMARTS) is 1. The summed E-state index contributed by atoms with van der Waals surface area (Å²) in [6.45, 7) is 1.38. The Labute approximate surface area is 120 Å². The molecule has 0 spiro atoms. The van der Waals surface area contributed by atoms with Crippen LogP contribution in [0.3, 0.4) is 0 Å². The number of benzene rings is 1. The van der Waals surface area contributed by atoms with Crippen molar-refractivity contribution < 1.29 is 9.90 Å². The zero-order valence-corrected chi connectivity index (χ0v) is 11.7. The Hall–Kier alpha value is -1.95. The van der Waals surface area contributed by atoms with E-state index in [1.807, 2.05) is 35.2 Å². The number of aromatic nitrogens is 2. The van der Waals surface area contributed by atoms with Gasteiger partial charge in [-0.25, -0.2) is 0 Å².